The largest absolute Gasteiger partial charge is 0.465 e. The fourth-order valence-electron chi connectivity index (χ4n) is 4.25. The van der Waals surface area contributed by atoms with E-state index in [9.17, 15) is 19.5 Å². The summed E-state index contributed by atoms with van der Waals surface area (Å²) in [4.78, 5) is 40.5. The Balaban J connectivity index is 1.80. The van der Waals surface area contributed by atoms with Gasteiger partial charge in [-0.1, -0.05) is 24.3 Å². The maximum atomic E-state index is 13.1. The minimum absolute atomic E-state index is 0.234. The number of nitrogens with zero attached hydrogens (tertiary/aromatic N) is 3. The molecular formula is C22H25N3O4. The molecule has 0 bridgehead atoms. The van der Waals surface area contributed by atoms with Gasteiger partial charge in [0.2, 0.25) is 11.8 Å². The summed E-state index contributed by atoms with van der Waals surface area (Å²) in [6, 6.07) is 8.43. The van der Waals surface area contributed by atoms with Crippen molar-refractivity contribution in [2.45, 2.75) is 45.2 Å². The van der Waals surface area contributed by atoms with Gasteiger partial charge >= 0.3 is 6.09 Å². The van der Waals surface area contributed by atoms with Crippen molar-refractivity contribution < 1.29 is 19.5 Å². The van der Waals surface area contributed by atoms with E-state index in [2.05, 4.69) is 6.07 Å². The molecule has 1 N–H and O–H groups in total. The van der Waals surface area contributed by atoms with Crippen LogP contribution in [0.1, 0.15) is 38.3 Å². The number of fused-ring (bicyclic) bond motifs is 1. The van der Waals surface area contributed by atoms with Gasteiger partial charge in [0.1, 0.15) is 0 Å². The zero-order valence-electron chi connectivity index (χ0n) is 16.8. The highest BCUT2D eigenvalue weighted by molar-refractivity contribution is 6.06. The van der Waals surface area contributed by atoms with Crippen molar-refractivity contribution in [2.24, 2.45) is 11.8 Å². The van der Waals surface area contributed by atoms with E-state index >= 15 is 0 Å². The smallest absolute Gasteiger partial charge is 0.408 e. The number of rotatable bonds is 4. The van der Waals surface area contributed by atoms with E-state index in [-0.39, 0.29) is 18.4 Å². The van der Waals surface area contributed by atoms with Gasteiger partial charge in [0.15, 0.2) is 0 Å². The first-order chi connectivity index (χ1) is 13.6. The van der Waals surface area contributed by atoms with E-state index in [0.29, 0.717) is 18.4 Å². The monoisotopic (exact) mass is 395 g/mol. The van der Waals surface area contributed by atoms with E-state index in [4.69, 9.17) is 5.26 Å². The van der Waals surface area contributed by atoms with Crippen molar-refractivity contribution in [3.63, 3.8) is 0 Å². The third-order valence-corrected chi connectivity index (χ3v) is 5.59. The molecule has 3 unspecified atom stereocenters. The summed E-state index contributed by atoms with van der Waals surface area (Å²) in [5, 5.41) is 18.6. The van der Waals surface area contributed by atoms with Crippen molar-refractivity contribution in [3.05, 3.63) is 47.5 Å². The lowest BCUT2D eigenvalue weighted by Crippen LogP contribution is -2.55. The van der Waals surface area contributed by atoms with Crippen LogP contribution in [0, 0.1) is 23.2 Å². The molecule has 29 heavy (non-hydrogen) atoms. The summed E-state index contributed by atoms with van der Waals surface area (Å²) < 4.78 is 0. The van der Waals surface area contributed by atoms with Gasteiger partial charge in [0.05, 0.1) is 29.5 Å². The molecule has 0 radical (unpaired) electrons. The second kappa shape index (κ2) is 7.70. The summed E-state index contributed by atoms with van der Waals surface area (Å²) >= 11 is 0. The molecule has 0 spiro atoms. The highest BCUT2D eigenvalue weighted by Crippen LogP contribution is 2.39. The van der Waals surface area contributed by atoms with E-state index < -0.39 is 29.5 Å². The molecule has 1 aliphatic heterocycles. The highest BCUT2D eigenvalue weighted by atomic mass is 16.4. The Bertz CT molecular complexity index is 892. The van der Waals surface area contributed by atoms with Gasteiger partial charge in [-0.3, -0.25) is 19.4 Å². The molecule has 1 fully saturated rings. The summed E-state index contributed by atoms with van der Waals surface area (Å²) in [5.74, 6) is -1.76. The molecule has 1 aromatic rings. The molecule has 2 aliphatic rings. The highest BCUT2D eigenvalue weighted by Gasteiger charge is 2.54. The van der Waals surface area contributed by atoms with Crippen LogP contribution in [0.25, 0.3) is 0 Å². The van der Waals surface area contributed by atoms with Gasteiger partial charge in [-0.05, 0) is 51.3 Å². The number of carboxylic acid groups (broad SMARTS) is 1. The SMILES string of the molecule is CC(C)(C)N(C(=O)O)C1C=CCC2C(=O)N(CCc3ccc(C#N)cc3)C(=O)C21. The molecule has 7 heteroatoms. The normalized spacial score (nSPS) is 23.7. The Labute approximate surface area is 170 Å². The van der Waals surface area contributed by atoms with Crippen molar-refractivity contribution in [1.82, 2.24) is 9.80 Å². The fourth-order valence-corrected chi connectivity index (χ4v) is 4.25. The number of imide groups is 1. The number of nitriles is 1. The number of hydrogen-bond donors (Lipinski definition) is 1. The molecular weight excluding hydrogens is 370 g/mol. The van der Waals surface area contributed by atoms with Crippen LogP contribution >= 0.6 is 0 Å². The first-order valence-electron chi connectivity index (χ1n) is 9.68. The summed E-state index contributed by atoms with van der Waals surface area (Å²) in [6.07, 6.45) is 3.38. The predicted octanol–water partition coefficient (Wildman–Crippen LogP) is 2.81. The molecule has 3 atom stereocenters. The Morgan fingerprint density at radius 3 is 2.45 bits per heavy atom. The number of carbonyl (C=O) groups excluding carboxylic acids is 2. The zero-order chi connectivity index (χ0) is 21.3. The van der Waals surface area contributed by atoms with E-state index in [1.165, 1.54) is 9.80 Å². The fraction of sp³-hybridized carbons (Fsp3) is 0.455. The molecule has 3 rings (SSSR count). The molecule has 152 valence electrons. The summed E-state index contributed by atoms with van der Waals surface area (Å²) in [7, 11) is 0. The van der Waals surface area contributed by atoms with Gasteiger partial charge in [-0.15, -0.1) is 0 Å². The van der Waals surface area contributed by atoms with Gasteiger partial charge < -0.3 is 5.11 Å². The third-order valence-electron chi connectivity index (χ3n) is 5.59. The molecule has 1 saturated heterocycles. The van der Waals surface area contributed by atoms with Crippen molar-refractivity contribution >= 4 is 17.9 Å². The zero-order valence-corrected chi connectivity index (χ0v) is 16.8. The van der Waals surface area contributed by atoms with Gasteiger partial charge in [0, 0.05) is 12.1 Å². The van der Waals surface area contributed by atoms with Crippen LogP contribution in [0.3, 0.4) is 0 Å². The number of carbonyl (C=O) groups is 3. The summed E-state index contributed by atoms with van der Waals surface area (Å²) in [5.41, 5.74) is 0.774. The summed E-state index contributed by atoms with van der Waals surface area (Å²) in [6.45, 7) is 5.58. The van der Waals surface area contributed by atoms with Crippen LogP contribution in [0.5, 0.6) is 0 Å². The van der Waals surface area contributed by atoms with Crippen LogP contribution in [0.2, 0.25) is 0 Å². The lowest BCUT2D eigenvalue weighted by atomic mass is 9.79. The standard InChI is InChI=1S/C22H25N3O4/c1-22(2,3)25(21(28)29)17-6-4-5-16-18(17)20(27)24(19(16)26)12-11-14-7-9-15(13-23)10-8-14/h4,6-10,16-18H,5,11-12H2,1-3H3,(H,28,29). The van der Waals surface area contributed by atoms with E-state index in [0.717, 1.165) is 5.56 Å². The van der Waals surface area contributed by atoms with E-state index in [1.807, 2.05) is 18.2 Å². The molecule has 0 aromatic heterocycles. The molecule has 0 saturated carbocycles. The van der Waals surface area contributed by atoms with Crippen molar-refractivity contribution in [2.75, 3.05) is 6.54 Å². The van der Waals surface area contributed by atoms with Crippen LogP contribution in [0.15, 0.2) is 36.4 Å². The number of benzene rings is 1. The lowest BCUT2D eigenvalue weighted by Gasteiger charge is -2.42. The topological polar surface area (TPSA) is 102 Å². The quantitative estimate of drug-likeness (QED) is 0.624. The lowest BCUT2D eigenvalue weighted by molar-refractivity contribution is -0.140. The Kier molecular flexibility index (Phi) is 5.47. The maximum absolute atomic E-state index is 13.1. The van der Waals surface area contributed by atoms with Gasteiger partial charge in [-0.25, -0.2) is 4.79 Å². The maximum Gasteiger partial charge on any atom is 0.408 e. The second-order valence-electron chi connectivity index (χ2n) is 8.50. The average molecular weight is 395 g/mol. The third kappa shape index (κ3) is 3.88. The number of amides is 3. The number of hydrogen-bond acceptors (Lipinski definition) is 4. The number of likely N-dealkylation sites (tertiary alicyclic amines) is 1. The van der Waals surface area contributed by atoms with Crippen molar-refractivity contribution in [3.8, 4) is 6.07 Å². The Morgan fingerprint density at radius 2 is 1.90 bits per heavy atom. The first-order valence-corrected chi connectivity index (χ1v) is 9.68. The Hall–Kier alpha value is -3.14. The predicted molar refractivity (Wildman–Crippen MR) is 106 cm³/mol. The number of allylic oxidation sites excluding steroid dienone is 1. The molecule has 3 amide bonds. The first kappa shape index (κ1) is 20.6. The van der Waals surface area contributed by atoms with Crippen LogP contribution in [-0.2, 0) is 16.0 Å². The van der Waals surface area contributed by atoms with Crippen LogP contribution in [0.4, 0.5) is 4.79 Å². The van der Waals surface area contributed by atoms with E-state index in [1.54, 1.807) is 39.0 Å². The second-order valence-corrected chi connectivity index (χ2v) is 8.50. The molecule has 1 heterocycles. The molecule has 1 aromatic carbocycles. The average Bonchev–Trinajstić information content (AvgIpc) is 2.90. The minimum Gasteiger partial charge on any atom is -0.465 e. The van der Waals surface area contributed by atoms with Crippen molar-refractivity contribution in [1.29, 1.82) is 5.26 Å². The minimum atomic E-state index is -1.11. The van der Waals surface area contributed by atoms with Crippen LogP contribution in [-0.4, -0.2) is 50.9 Å². The Morgan fingerprint density at radius 1 is 1.24 bits per heavy atom. The van der Waals surface area contributed by atoms with Crippen LogP contribution < -0.4 is 0 Å². The van der Waals surface area contributed by atoms with Gasteiger partial charge in [0.25, 0.3) is 0 Å². The molecule has 1 aliphatic carbocycles. The van der Waals surface area contributed by atoms with Gasteiger partial charge in [-0.2, -0.15) is 5.26 Å². The molecule has 7 nitrogen and oxygen atoms in total.